The van der Waals surface area contributed by atoms with Crippen LogP contribution in [-0.2, 0) is 6.54 Å². The topological polar surface area (TPSA) is 20.9 Å². The van der Waals surface area contributed by atoms with Crippen molar-refractivity contribution in [2.75, 3.05) is 0 Å². The van der Waals surface area contributed by atoms with Gasteiger partial charge in [0.1, 0.15) is 0 Å². The molecule has 1 heterocycles. The van der Waals surface area contributed by atoms with Crippen LogP contribution in [0, 0.1) is 6.92 Å². The standard InChI is InChI=1S/C18H15BrNO/c1-13-7-8-17-14(10-13)5-3-9-20(17)12-18(21)15-4-2-6-16(19)11-15/h2-11H,12H2,1H3/q+1. The first-order valence-electron chi connectivity index (χ1n) is 6.81. The lowest BCUT2D eigenvalue weighted by molar-refractivity contribution is -0.657. The van der Waals surface area contributed by atoms with E-state index in [-0.39, 0.29) is 5.78 Å². The van der Waals surface area contributed by atoms with Gasteiger partial charge in [0.2, 0.25) is 17.8 Å². The molecule has 2 aromatic carbocycles. The van der Waals surface area contributed by atoms with Crippen LogP contribution in [0.15, 0.2) is 65.3 Å². The fourth-order valence-corrected chi connectivity index (χ4v) is 2.84. The monoisotopic (exact) mass is 340 g/mol. The summed E-state index contributed by atoms with van der Waals surface area (Å²) >= 11 is 3.40. The molecule has 0 fully saturated rings. The molecule has 0 aliphatic heterocycles. The molecule has 0 aliphatic carbocycles. The predicted octanol–water partition coefficient (Wildman–Crippen LogP) is 4.08. The molecule has 3 heteroatoms. The molecule has 0 bridgehead atoms. The van der Waals surface area contributed by atoms with E-state index in [1.807, 2.05) is 41.1 Å². The van der Waals surface area contributed by atoms with Crippen LogP contribution in [0.5, 0.6) is 0 Å². The van der Waals surface area contributed by atoms with Gasteiger partial charge >= 0.3 is 0 Å². The highest BCUT2D eigenvalue weighted by Gasteiger charge is 2.15. The van der Waals surface area contributed by atoms with Crippen LogP contribution in [0.3, 0.4) is 0 Å². The van der Waals surface area contributed by atoms with Crippen LogP contribution in [-0.4, -0.2) is 5.78 Å². The van der Waals surface area contributed by atoms with Gasteiger partial charge < -0.3 is 0 Å². The molecule has 1 aromatic heterocycles. The van der Waals surface area contributed by atoms with Crippen molar-refractivity contribution in [2.24, 2.45) is 0 Å². The molecule has 3 aromatic rings. The Labute approximate surface area is 132 Å². The Kier molecular flexibility index (Phi) is 3.84. The molecule has 0 aliphatic rings. The number of ketones is 1. The minimum Gasteiger partial charge on any atom is -0.287 e. The fraction of sp³-hybridized carbons (Fsp3) is 0.111. The minimum absolute atomic E-state index is 0.106. The number of carbonyl (C=O) groups is 1. The third-order valence-electron chi connectivity index (χ3n) is 3.49. The molecule has 0 saturated heterocycles. The largest absolute Gasteiger partial charge is 0.287 e. The summed E-state index contributed by atoms with van der Waals surface area (Å²) < 4.78 is 2.92. The molecular weight excluding hydrogens is 326 g/mol. The Hall–Kier alpha value is -2.00. The maximum atomic E-state index is 12.4. The first-order valence-corrected chi connectivity index (χ1v) is 7.60. The Morgan fingerprint density at radius 3 is 2.76 bits per heavy atom. The third kappa shape index (κ3) is 3.03. The van der Waals surface area contributed by atoms with Gasteiger partial charge in [-0.1, -0.05) is 39.7 Å². The van der Waals surface area contributed by atoms with Crippen molar-refractivity contribution < 1.29 is 9.36 Å². The molecule has 0 radical (unpaired) electrons. The summed E-state index contributed by atoms with van der Waals surface area (Å²) in [5.41, 5.74) is 3.02. The number of hydrogen-bond acceptors (Lipinski definition) is 1. The Balaban J connectivity index is 1.96. The summed E-state index contributed by atoms with van der Waals surface area (Å²) in [7, 11) is 0. The summed E-state index contributed by atoms with van der Waals surface area (Å²) in [4.78, 5) is 12.4. The van der Waals surface area contributed by atoms with E-state index in [0.29, 0.717) is 6.54 Å². The van der Waals surface area contributed by atoms with Crippen molar-refractivity contribution in [3.8, 4) is 0 Å². The molecule has 0 spiro atoms. The average molecular weight is 341 g/mol. The highest BCUT2D eigenvalue weighted by molar-refractivity contribution is 9.10. The summed E-state index contributed by atoms with van der Waals surface area (Å²) in [5, 5.41) is 1.15. The summed E-state index contributed by atoms with van der Waals surface area (Å²) in [5.74, 6) is 0.106. The SMILES string of the molecule is Cc1ccc2c(ccc[n+]2CC(=O)c2cccc(Br)c2)c1. The number of benzene rings is 2. The van der Waals surface area contributed by atoms with Gasteiger partial charge in [-0.2, -0.15) is 4.57 Å². The van der Waals surface area contributed by atoms with Crippen molar-refractivity contribution in [3.63, 3.8) is 0 Å². The molecule has 3 rings (SSSR count). The number of Topliss-reactive ketones (excluding diaryl/α,β-unsaturated/α-hetero) is 1. The minimum atomic E-state index is 0.106. The number of nitrogens with zero attached hydrogens (tertiary/aromatic N) is 1. The molecular formula is C18H15BrNO+. The molecule has 0 amide bonds. The number of pyridine rings is 1. The van der Waals surface area contributed by atoms with Gasteiger partial charge in [0.15, 0.2) is 6.20 Å². The summed E-state index contributed by atoms with van der Waals surface area (Å²) in [6.07, 6.45) is 1.95. The number of aryl methyl sites for hydroxylation is 1. The maximum Gasteiger partial charge on any atom is 0.227 e. The van der Waals surface area contributed by atoms with Gasteiger partial charge in [0.25, 0.3) is 0 Å². The smallest absolute Gasteiger partial charge is 0.227 e. The molecule has 0 saturated carbocycles. The van der Waals surface area contributed by atoms with Gasteiger partial charge in [-0.25, -0.2) is 0 Å². The normalized spacial score (nSPS) is 10.8. The van der Waals surface area contributed by atoms with E-state index in [1.54, 1.807) is 0 Å². The van der Waals surface area contributed by atoms with E-state index in [1.165, 1.54) is 5.56 Å². The number of fused-ring (bicyclic) bond motifs is 1. The second-order valence-electron chi connectivity index (χ2n) is 5.13. The van der Waals surface area contributed by atoms with Crippen molar-refractivity contribution in [3.05, 3.63) is 76.4 Å². The lowest BCUT2D eigenvalue weighted by Gasteiger charge is -2.03. The number of hydrogen-bond donors (Lipinski definition) is 0. The van der Waals surface area contributed by atoms with Gasteiger partial charge in [0.05, 0.1) is 0 Å². The van der Waals surface area contributed by atoms with Crippen molar-refractivity contribution >= 4 is 32.6 Å². The van der Waals surface area contributed by atoms with E-state index in [2.05, 4.69) is 47.1 Å². The van der Waals surface area contributed by atoms with E-state index in [9.17, 15) is 4.79 Å². The van der Waals surface area contributed by atoms with E-state index < -0.39 is 0 Å². The quantitative estimate of drug-likeness (QED) is 0.519. The van der Waals surface area contributed by atoms with E-state index in [4.69, 9.17) is 0 Å². The summed E-state index contributed by atoms with van der Waals surface area (Å²) in [6, 6.07) is 17.8. The molecule has 0 N–H and O–H groups in total. The zero-order chi connectivity index (χ0) is 14.8. The average Bonchev–Trinajstić information content (AvgIpc) is 2.47. The van der Waals surface area contributed by atoms with Crippen LogP contribution in [0.4, 0.5) is 0 Å². The zero-order valence-corrected chi connectivity index (χ0v) is 13.3. The van der Waals surface area contributed by atoms with Crippen molar-refractivity contribution in [2.45, 2.75) is 13.5 Å². The van der Waals surface area contributed by atoms with Gasteiger partial charge in [0, 0.05) is 27.6 Å². The van der Waals surface area contributed by atoms with Gasteiger partial charge in [-0.15, -0.1) is 0 Å². The number of rotatable bonds is 3. The second kappa shape index (κ2) is 5.78. The number of carbonyl (C=O) groups excluding carboxylic acids is 1. The Morgan fingerprint density at radius 2 is 1.95 bits per heavy atom. The van der Waals surface area contributed by atoms with Crippen LogP contribution >= 0.6 is 15.9 Å². The van der Waals surface area contributed by atoms with Crippen LogP contribution < -0.4 is 4.57 Å². The Bertz CT molecular complexity index is 826. The predicted molar refractivity (Wildman–Crippen MR) is 87.4 cm³/mol. The molecule has 2 nitrogen and oxygen atoms in total. The first-order chi connectivity index (χ1) is 10.1. The molecule has 0 atom stereocenters. The van der Waals surface area contributed by atoms with Gasteiger partial charge in [-0.05, 0) is 31.2 Å². The highest BCUT2D eigenvalue weighted by atomic mass is 79.9. The third-order valence-corrected chi connectivity index (χ3v) is 3.99. The highest BCUT2D eigenvalue weighted by Crippen LogP contribution is 2.14. The van der Waals surface area contributed by atoms with E-state index in [0.717, 1.165) is 20.9 Å². The van der Waals surface area contributed by atoms with Crippen molar-refractivity contribution in [1.82, 2.24) is 0 Å². The zero-order valence-electron chi connectivity index (χ0n) is 11.7. The number of halogens is 1. The van der Waals surface area contributed by atoms with Crippen LogP contribution in [0.1, 0.15) is 15.9 Å². The molecule has 104 valence electrons. The Morgan fingerprint density at radius 1 is 1.10 bits per heavy atom. The van der Waals surface area contributed by atoms with E-state index >= 15 is 0 Å². The van der Waals surface area contributed by atoms with Crippen LogP contribution in [0.2, 0.25) is 0 Å². The lowest BCUT2D eigenvalue weighted by Crippen LogP contribution is -2.38. The van der Waals surface area contributed by atoms with Gasteiger partial charge in [-0.3, -0.25) is 4.79 Å². The van der Waals surface area contributed by atoms with Crippen LogP contribution in [0.25, 0.3) is 10.9 Å². The molecule has 0 unspecified atom stereocenters. The maximum absolute atomic E-state index is 12.4. The second-order valence-corrected chi connectivity index (χ2v) is 6.05. The molecule has 21 heavy (non-hydrogen) atoms. The fourth-order valence-electron chi connectivity index (χ4n) is 2.45. The lowest BCUT2D eigenvalue weighted by atomic mass is 10.1. The first kappa shape index (κ1) is 14.0. The number of aromatic nitrogens is 1. The van der Waals surface area contributed by atoms with Crippen molar-refractivity contribution in [1.29, 1.82) is 0 Å². The summed E-state index contributed by atoms with van der Waals surface area (Å²) in [6.45, 7) is 2.42.